The predicted octanol–water partition coefficient (Wildman–Crippen LogP) is 5.33. The second-order valence-electron chi connectivity index (χ2n) is 6.03. The van der Waals surface area contributed by atoms with Crippen molar-refractivity contribution in [3.05, 3.63) is 83.4 Å². The van der Waals surface area contributed by atoms with Gasteiger partial charge in [-0.25, -0.2) is 0 Å². The lowest BCUT2D eigenvalue weighted by atomic mass is 10.2. The number of carbonyl (C=O) groups is 2. The van der Waals surface area contributed by atoms with Crippen LogP contribution in [-0.4, -0.2) is 24.7 Å². The largest absolute Gasteiger partial charge is 0.497 e. The van der Waals surface area contributed by atoms with E-state index in [0.29, 0.717) is 32.6 Å². The zero-order valence-electron chi connectivity index (χ0n) is 15.6. The third-order valence-electron chi connectivity index (χ3n) is 3.93. The molecule has 0 heterocycles. The number of hydrogen-bond donors (Lipinski definition) is 2. The van der Waals surface area contributed by atoms with Gasteiger partial charge >= 0.3 is 0 Å². The average Bonchev–Trinajstić information content (AvgIpc) is 2.72. The van der Waals surface area contributed by atoms with Crippen LogP contribution in [0.3, 0.4) is 0 Å². The van der Waals surface area contributed by atoms with Gasteiger partial charge in [0, 0.05) is 27.4 Å². The van der Waals surface area contributed by atoms with Gasteiger partial charge < -0.3 is 15.4 Å². The lowest BCUT2D eigenvalue weighted by Crippen LogP contribution is -2.16. The van der Waals surface area contributed by atoms with Crippen LogP contribution in [0.2, 0.25) is 5.02 Å². The Morgan fingerprint density at radius 1 is 0.931 bits per heavy atom. The van der Waals surface area contributed by atoms with E-state index in [4.69, 9.17) is 16.3 Å². The Morgan fingerprint density at radius 3 is 2.41 bits per heavy atom. The maximum atomic E-state index is 12.7. The van der Waals surface area contributed by atoms with Crippen LogP contribution in [0.1, 0.15) is 10.4 Å². The number of methoxy groups -OCH3 is 1. The highest BCUT2D eigenvalue weighted by Crippen LogP contribution is 2.25. The van der Waals surface area contributed by atoms with E-state index >= 15 is 0 Å². The molecule has 0 bridgehead atoms. The summed E-state index contributed by atoms with van der Waals surface area (Å²) in [6, 6.07) is 21.2. The summed E-state index contributed by atoms with van der Waals surface area (Å²) in [5.41, 5.74) is 1.76. The van der Waals surface area contributed by atoms with Gasteiger partial charge in [0.2, 0.25) is 5.91 Å². The lowest BCUT2D eigenvalue weighted by molar-refractivity contribution is -0.113. The first-order valence-corrected chi connectivity index (χ1v) is 10.1. The van der Waals surface area contributed by atoms with E-state index in [9.17, 15) is 9.59 Å². The Kier molecular flexibility index (Phi) is 7.16. The van der Waals surface area contributed by atoms with Crippen molar-refractivity contribution in [1.82, 2.24) is 0 Å². The standard InChI is InChI=1S/C22H19ClN2O3S/c1-28-18-9-5-8-17(13-18)24-21(26)14-29-20-11-3-2-10-19(20)22(27)25-16-7-4-6-15(23)12-16/h2-13H,14H2,1H3,(H,24,26)(H,25,27). The number of anilines is 2. The van der Waals surface area contributed by atoms with E-state index in [1.165, 1.54) is 11.8 Å². The van der Waals surface area contributed by atoms with Crippen LogP contribution < -0.4 is 15.4 Å². The summed E-state index contributed by atoms with van der Waals surface area (Å²) < 4.78 is 5.15. The highest BCUT2D eigenvalue weighted by atomic mass is 35.5. The Balaban J connectivity index is 1.64. The van der Waals surface area contributed by atoms with Gasteiger partial charge in [0.1, 0.15) is 5.75 Å². The van der Waals surface area contributed by atoms with Crippen LogP contribution in [0.15, 0.2) is 77.7 Å². The third-order valence-corrected chi connectivity index (χ3v) is 5.24. The monoisotopic (exact) mass is 426 g/mol. The van der Waals surface area contributed by atoms with Crippen LogP contribution >= 0.6 is 23.4 Å². The maximum Gasteiger partial charge on any atom is 0.256 e. The van der Waals surface area contributed by atoms with E-state index < -0.39 is 0 Å². The molecule has 0 spiro atoms. The van der Waals surface area contributed by atoms with Gasteiger partial charge in [-0.3, -0.25) is 9.59 Å². The summed E-state index contributed by atoms with van der Waals surface area (Å²) in [5, 5.41) is 6.20. The Labute approximate surface area is 178 Å². The molecule has 148 valence electrons. The van der Waals surface area contributed by atoms with Crippen LogP contribution in [-0.2, 0) is 4.79 Å². The summed E-state index contributed by atoms with van der Waals surface area (Å²) in [6.45, 7) is 0. The molecule has 0 fully saturated rings. The molecule has 0 aliphatic heterocycles. The normalized spacial score (nSPS) is 10.3. The second-order valence-corrected chi connectivity index (χ2v) is 7.48. The van der Waals surface area contributed by atoms with Gasteiger partial charge in [-0.05, 0) is 42.5 Å². The number of amides is 2. The summed E-state index contributed by atoms with van der Waals surface area (Å²) in [4.78, 5) is 25.7. The SMILES string of the molecule is COc1cccc(NC(=O)CSc2ccccc2C(=O)Nc2cccc(Cl)c2)c1. The number of thioether (sulfide) groups is 1. The van der Waals surface area contributed by atoms with Crippen LogP contribution in [0.25, 0.3) is 0 Å². The molecule has 29 heavy (non-hydrogen) atoms. The Morgan fingerprint density at radius 2 is 1.66 bits per heavy atom. The minimum atomic E-state index is -0.261. The summed E-state index contributed by atoms with van der Waals surface area (Å²) in [6.07, 6.45) is 0. The average molecular weight is 427 g/mol. The number of halogens is 1. The second kappa shape index (κ2) is 10.0. The first kappa shape index (κ1) is 20.8. The van der Waals surface area contributed by atoms with Crippen molar-refractivity contribution in [2.24, 2.45) is 0 Å². The number of hydrogen-bond acceptors (Lipinski definition) is 4. The molecule has 3 aromatic carbocycles. The molecule has 0 aliphatic carbocycles. The molecule has 0 aliphatic rings. The molecular weight excluding hydrogens is 408 g/mol. The van der Waals surface area contributed by atoms with E-state index in [2.05, 4.69) is 10.6 Å². The maximum absolute atomic E-state index is 12.7. The first-order chi connectivity index (χ1) is 14.0. The number of rotatable bonds is 7. The summed E-state index contributed by atoms with van der Waals surface area (Å²) >= 11 is 7.26. The summed E-state index contributed by atoms with van der Waals surface area (Å²) in [7, 11) is 1.57. The molecular formula is C22H19ClN2O3S. The van der Waals surface area contributed by atoms with Crippen molar-refractivity contribution in [3.63, 3.8) is 0 Å². The molecule has 0 radical (unpaired) electrons. The quantitative estimate of drug-likeness (QED) is 0.501. The van der Waals surface area contributed by atoms with E-state index in [-0.39, 0.29) is 17.6 Å². The Bertz CT molecular complexity index is 1030. The zero-order chi connectivity index (χ0) is 20.6. The first-order valence-electron chi connectivity index (χ1n) is 8.78. The van der Waals surface area contributed by atoms with Crippen molar-refractivity contribution < 1.29 is 14.3 Å². The highest BCUT2D eigenvalue weighted by molar-refractivity contribution is 8.00. The molecule has 0 aromatic heterocycles. The van der Waals surface area contributed by atoms with Crippen LogP contribution in [0.5, 0.6) is 5.75 Å². The van der Waals surface area contributed by atoms with Crippen molar-refractivity contribution in [2.45, 2.75) is 4.90 Å². The highest BCUT2D eigenvalue weighted by Gasteiger charge is 2.13. The molecule has 7 heteroatoms. The predicted molar refractivity (Wildman–Crippen MR) is 118 cm³/mol. The molecule has 3 aromatic rings. The number of carbonyl (C=O) groups excluding carboxylic acids is 2. The molecule has 0 unspecified atom stereocenters. The zero-order valence-corrected chi connectivity index (χ0v) is 17.2. The van der Waals surface area contributed by atoms with E-state index in [1.54, 1.807) is 67.8 Å². The van der Waals surface area contributed by atoms with Gasteiger partial charge in [-0.1, -0.05) is 35.9 Å². The third kappa shape index (κ3) is 6.01. The molecule has 2 amide bonds. The minimum Gasteiger partial charge on any atom is -0.497 e. The smallest absolute Gasteiger partial charge is 0.256 e. The van der Waals surface area contributed by atoms with Gasteiger partial charge in [0.05, 0.1) is 18.4 Å². The fourth-order valence-electron chi connectivity index (χ4n) is 2.59. The molecule has 5 nitrogen and oxygen atoms in total. The van der Waals surface area contributed by atoms with E-state index in [0.717, 1.165) is 0 Å². The van der Waals surface area contributed by atoms with Crippen molar-refractivity contribution in [1.29, 1.82) is 0 Å². The molecule has 0 saturated carbocycles. The van der Waals surface area contributed by atoms with Crippen LogP contribution in [0, 0.1) is 0 Å². The van der Waals surface area contributed by atoms with Gasteiger partial charge in [0.25, 0.3) is 5.91 Å². The van der Waals surface area contributed by atoms with E-state index in [1.807, 2.05) is 12.1 Å². The lowest BCUT2D eigenvalue weighted by Gasteiger charge is -2.11. The number of ether oxygens (including phenoxy) is 1. The van der Waals surface area contributed by atoms with Gasteiger partial charge in [-0.2, -0.15) is 0 Å². The minimum absolute atomic E-state index is 0.165. The topological polar surface area (TPSA) is 67.4 Å². The molecule has 0 saturated heterocycles. The molecule has 0 atom stereocenters. The Hall–Kier alpha value is -2.96. The summed E-state index contributed by atoms with van der Waals surface area (Å²) in [5.74, 6) is 0.397. The van der Waals surface area contributed by atoms with Crippen molar-refractivity contribution in [2.75, 3.05) is 23.5 Å². The number of nitrogens with one attached hydrogen (secondary N) is 2. The van der Waals surface area contributed by atoms with Gasteiger partial charge in [-0.15, -0.1) is 11.8 Å². The van der Waals surface area contributed by atoms with Crippen molar-refractivity contribution in [3.8, 4) is 5.75 Å². The van der Waals surface area contributed by atoms with Crippen LogP contribution in [0.4, 0.5) is 11.4 Å². The fraction of sp³-hybridized carbons (Fsp3) is 0.0909. The van der Waals surface area contributed by atoms with Crippen molar-refractivity contribution >= 4 is 46.6 Å². The fourth-order valence-corrected chi connectivity index (χ4v) is 3.63. The molecule has 3 rings (SSSR count). The molecule has 2 N–H and O–H groups in total. The van der Waals surface area contributed by atoms with Gasteiger partial charge in [0.15, 0.2) is 0 Å². The number of benzene rings is 3.